The monoisotopic (exact) mass is 222 g/mol. The van der Waals surface area contributed by atoms with Gasteiger partial charge in [-0.3, -0.25) is 9.59 Å². The minimum atomic E-state index is -1.14. The summed E-state index contributed by atoms with van der Waals surface area (Å²) in [7, 11) is 0. The Morgan fingerprint density at radius 3 is 2.81 bits per heavy atom. The lowest BCUT2D eigenvalue weighted by atomic mass is 10.3. The van der Waals surface area contributed by atoms with Crippen LogP contribution >= 0.6 is 0 Å². The number of amides is 1. The fourth-order valence-electron chi connectivity index (χ4n) is 1.09. The molecule has 1 rings (SSSR count). The lowest BCUT2D eigenvalue weighted by Gasteiger charge is -2.15. The molecule has 0 unspecified atom stereocenters. The van der Waals surface area contributed by atoms with Crippen LogP contribution in [-0.2, 0) is 4.79 Å². The number of hydrogen-bond acceptors (Lipinski definition) is 4. The van der Waals surface area contributed by atoms with Crippen LogP contribution in [-0.4, -0.2) is 40.1 Å². The Balaban J connectivity index is 2.83. The van der Waals surface area contributed by atoms with Crippen molar-refractivity contribution in [1.82, 2.24) is 10.1 Å². The highest BCUT2D eigenvalue weighted by Gasteiger charge is 2.21. The Hall–Kier alpha value is -2.29. The van der Waals surface area contributed by atoms with Crippen molar-refractivity contribution in [2.24, 2.45) is 0 Å². The second-order valence-electron chi connectivity index (χ2n) is 3.09. The van der Waals surface area contributed by atoms with E-state index in [0.29, 0.717) is 5.69 Å². The molecule has 0 aliphatic carbocycles. The number of nitrogens with zero attached hydrogens (tertiary/aromatic N) is 2. The molecule has 1 heterocycles. The number of terminal acetylenes is 1. The number of carbonyl (C=O) groups is 2. The van der Waals surface area contributed by atoms with Crippen LogP contribution in [0.4, 0.5) is 0 Å². The Bertz CT molecular complexity index is 444. The Labute approximate surface area is 91.8 Å². The van der Waals surface area contributed by atoms with Gasteiger partial charge in [-0.1, -0.05) is 11.1 Å². The van der Waals surface area contributed by atoms with E-state index in [9.17, 15) is 9.59 Å². The van der Waals surface area contributed by atoms with Gasteiger partial charge in [0.2, 0.25) is 5.76 Å². The third-order valence-corrected chi connectivity index (χ3v) is 1.73. The number of aryl methyl sites for hydroxylation is 1. The van der Waals surface area contributed by atoms with Crippen molar-refractivity contribution in [3.8, 4) is 12.3 Å². The van der Waals surface area contributed by atoms with Crippen LogP contribution in [0.1, 0.15) is 16.2 Å². The number of aliphatic carboxylic acids is 1. The smallest absolute Gasteiger partial charge is 0.323 e. The van der Waals surface area contributed by atoms with Crippen molar-refractivity contribution < 1.29 is 19.2 Å². The average molecular weight is 222 g/mol. The zero-order chi connectivity index (χ0) is 12.1. The van der Waals surface area contributed by atoms with Crippen molar-refractivity contribution in [3.63, 3.8) is 0 Å². The highest BCUT2D eigenvalue weighted by atomic mass is 16.5. The molecule has 1 amide bonds. The van der Waals surface area contributed by atoms with E-state index in [1.165, 1.54) is 6.07 Å². The molecule has 0 aliphatic rings. The summed E-state index contributed by atoms with van der Waals surface area (Å²) in [4.78, 5) is 23.2. The van der Waals surface area contributed by atoms with Gasteiger partial charge in [-0.2, -0.15) is 0 Å². The highest BCUT2D eigenvalue weighted by molar-refractivity contribution is 5.93. The van der Waals surface area contributed by atoms with Crippen molar-refractivity contribution in [3.05, 3.63) is 17.5 Å². The fraction of sp³-hybridized carbons (Fsp3) is 0.300. The Kier molecular flexibility index (Phi) is 3.67. The van der Waals surface area contributed by atoms with Crippen LogP contribution in [0.25, 0.3) is 0 Å². The molecule has 0 fully saturated rings. The quantitative estimate of drug-likeness (QED) is 0.733. The second kappa shape index (κ2) is 4.98. The van der Waals surface area contributed by atoms with Gasteiger partial charge in [0.1, 0.15) is 6.54 Å². The van der Waals surface area contributed by atoms with Crippen LogP contribution < -0.4 is 0 Å². The maximum Gasteiger partial charge on any atom is 0.323 e. The van der Waals surface area contributed by atoms with Gasteiger partial charge in [0.15, 0.2) is 0 Å². The molecule has 0 saturated heterocycles. The van der Waals surface area contributed by atoms with Gasteiger partial charge < -0.3 is 14.5 Å². The van der Waals surface area contributed by atoms with Crippen molar-refractivity contribution >= 4 is 11.9 Å². The zero-order valence-corrected chi connectivity index (χ0v) is 8.64. The maximum absolute atomic E-state index is 11.7. The van der Waals surface area contributed by atoms with Gasteiger partial charge in [-0.15, -0.1) is 6.42 Å². The van der Waals surface area contributed by atoms with Crippen LogP contribution in [0.5, 0.6) is 0 Å². The van der Waals surface area contributed by atoms with E-state index in [2.05, 4.69) is 11.1 Å². The van der Waals surface area contributed by atoms with E-state index >= 15 is 0 Å². The predicted octanol–water partition coefficient (Wildman–Crippen LogP) is 0.143. The fourth-order valence-corrected chi connectivity index (χ4v) is 1.09. The minimum Gasteiger partial charge on any atom is -0.480 e. The van der Waals surface area contributed by atoms with Crippen LogP contribution in [0.15, 0.2) is 10.6 Å². The number of carboxylic acid groups (broad SMARTS) is 1. The molecule has 0 radical (unpaired) electrons. The zero-order valence-electron chi connectivity index (χ0n) is 8.64. The van der Waals surface area contributed by atoms with Gasteiger partial charge in [0, 0.05) is 6.07 Å². The van der Waals surface area contributed by atoms with Gasteiger partial charge >= 0.3 is 5.97 Å². The number of carboxylic acids is 1. The average Bonchev–Trinajstić information content (AvgIpc) is 2.62. The predicted molar refractivity (Wildman–Crippen MR) is 53.6 cm³/mol. The number of aromatic nitrogens is 1. The molecule has 0 bridgehead atoms. The third kappa shape index (κ3) is 2.85. The molecule has 0 atom stereocenters. The molecule has 1 N–H and O–H groups in total. The minimum absolute atomic E-state index is 0.0194. The maximum atomic E-state index is 11.7. The van der Waals surface area contributed by atoms with E-state index < -0.39 is 18.4 Å². The van der Waals surface area contributed by atoms with E-state index in [-0.39, 0.29) is 12.3 Å². The summed E-state index contributed by atoms with van der Waals surface area (Å²) in [5.41, 5.74) is 0.541. The first-order chi connectivity index (χ1) is 7.54. The molecule has 6 nitrogen and oxygen atoms in total. The van der Waals surface area contributed by atoms with Crippen LogP contribution in [0.2, 0.25) is 0 Å². The van der Waals surface area contributed by atoms with Gasteiger partial charge in [-0.25, -0.2) is 0 Å². The first kappa shape index (κ1) is 11.8. The molecule has 84 valence electrons. The van der Waals surface area contributed by atoms with Crippen LogP contribution in [0, 0.1) is 19.3 Å². The summed E-state index contributed by atoms with van der Waals surface area (Å²) in [6, 6.07) is 1.42. The van der Waals surface area contributed by atoms with Crippen molar-refractivity contribution in [1.29, 1.82) is 0 Å². The standard InChI is InChI=1S/C10H10N2O4/c1-3-4-12(6-9(13)14)10(15)8-5-7(2)11-16-8/h1,5H,4,6H2,2H3,(H,13,14). The summed E-state index contributed by atoms with van der Waals surface area (Å²) in [5.74, 6) is 0.469. The van der Waals surface area contributed by atoms with Gasteiger partial charge in [-0.05, 0) is 6.92 Å². The summed E-state index contributed by atoms with van der Waals surface area (Å²) in [6.45, 7) is 1.09. The topological polar surface area (TPSA) is 83.6 Å². The van der Waals surface area contributed by atoms with E-state index in [0.717, 1.165) is 4.90 Å². The van der Waals surface area contributed by atoms with E-state index in [4.69, 9.17) is 16.1 Å². The molecule has 0 saturated carbocycles. The first-order valence-corrected chi connectivity index (χ1v) is 4.42. The van der Waals surface area contributed by atoms with Gasteiger partial charge in [0.05, 0.1) is 12.2 Å². The first-order valence-electron chi connectivity index (χ1n) is 4.42. The molecule has 0 aromatic carbocycles. The molecule has 0 spiro atoms. The number of rotatable bonds is 4. The van der Waals surface area contributed by atoms with Crippen molar-refractivity contribution in [2.75, 3.05) is 13.1 Å². The number of carbonyl (C=O) groups excluding carboxylic acids is 1. The highest BCUT2D eigenvalue weighted by Crippen LogP contribution is 2.06. The summed E-state index contributed by atoms with van der Waals surface area (Å²) < 4.78 is 4.73. The summed E-state index contributed by atoms with van der Waals surface area (Å²) in [5, 5.41) is 12.1. The van der Waals surface area contributed by atoms with Gasteiger partial charge in [0.25, 0.3) is 5.91 Å². The Morgan fingerprint density at radius 1 is 1.69 bits per heavy atom. The largest absolute Gasteiger partial charge is 0.480 e. The summed E-state index contributed by atoms with van der Waals surface area (Å²) in [6.07, 6.45) is 5.04. The Morgan fingerprint density at radius 2 is 2.38 bits per heavy atom. The lowest BCUT2D eigenvalue weighted by Crippen LogP contribution is -2.35. The SMILES string of the molecule is C#CCN(CC(=O)O)C(=O)c1cc(C)no1. The van der Waals surface area contributed by atoms with Crippen LogP contribution in [0.3, 0.4) is 0 Å². The molecule has 6 heteroatoms. The molecular weight excluding hydrogens is 212 g/mol. The second-order valence-corrected chi connectivity index (χ2v) is 3.09. The molecule has 1 aromatic rings. The molecule has 16 heavy (non-hydrogen) atoms. The molecular formula is C10H10N2O4. The van der Waals surface area contributed by atoms with Crippen molar-refractivity contribution in [2.45, 2.75) is 6.92 Å². The summed E-state index contributed by atoms with van der Waals surface area (Å²) >= 11 is 0. The van der Waals surface area contributed by atoms with E-state index in [1.54, 1.807) is 6.92 Å². The molecule has 1 aromatic heterocycles. The lowest BCUT2D eigenvalue weighted by molar-refractivity contribution is -0.137. The number of hydrogen-bond donors (Lipinski definition) is 1. The molecule has 0 aliphatic heterocycles. The third-order valence-electron chi connectivity index (χ3n) is 1.73. The van der Waals surface area contributed by atoms with E-state index in [1.807, 2.05) is 0 Å². The normalized spacial score (nSPS) is 9.50.